The van der Waals surface area contributed by atoms with Crippen LogP contribution in [-0.2, 0) is 6.54 Å². The Morgan fingerprint density at radius 3 is 2.72 bits per heavy atom. The van der Waals surface area contributed by atoms with Crippen LogP contribution in [0.2, 0.25) is 0 Å². The number of benzene rings is 2. The van der Waals surface area contributed by atoms with Crippen molar-refractivity contribution >= 4 is 11.9 Å². The maximum absolute atomic E-state index is 12.1. The molecular formula is C25H35N5O2. The van der Waals surface area contributed by atoms with Gasteiger partial charge in [-0.15, -0.1) is 0 Å². The third-order valence-electron chi connectivity index (χ3n) is 5.62. The van der Waals surface area contributed by atoms with Crippen LogP contribution in [0.25, 0.3) is 0 Å². The van der Waals surface area contributed by atoms with Gasteiger partial charge in [-0.1, -0.05) is 36.4 Å². The molecule has 0 spiro atoms. The topological polar surface area (TPSA) is 89.0 Å². The van der Waals surface area contributed by atoms with E-state index in [2.05, 4.69) is 70.0 Å². The molecular weight excluding hydrogens is 402 g/mol. The van der Waals surface area contributed by atoms with Gasteiger partial charge in [-0.25, -0.2) is 0 Å². The Morgan fingerprint density at radius 1 is 1.16 bits per heavy atom. The summed E-state index contributed by atoms with van der Waals surface area (Å²) in [5, 5.41) is 19.3. The highest BCUT2D eigenvalue weighted by atomic mass is 16.3. The zero-order valence-electron chi connectivity index (χ0n) is 19.1. The van der Waals surface area contributed by atoms with Gasteiger partial charge in [0.2, 0.25) is 0 Å². The van der Waals surface area contributed by atoms with Crippen LogP contribution in [0.3, 0.4) is 0 Å². The molecule has 0 aromatic heterocycles. The molecule has 2 unspecified atom stereocenters. The van der Waals surface area contributed by atoms with Gasteiger partial charge in [-0.05, 0) is 50.5 Å². The number of hydrogen-bond donors (Lipinski definition) is 4. The van der Waals surface area contributed by atoms with Crippen molar-refractivity contribution in [1.29, 1.82) is 0 Å². The normalized spacial score (nSPS) is 19.0. The summed E-state index contributed by atoms with van der Waals surface area (Å²) in [6.07, 6.45) is 1.82. The molecule has 2 aromatic rings. The number of likely N-dealkylation sites (tertiary alicyclic amines) is 1. The van der Waals surface area contributed by atoms with E-state index < -0.39 is 0 Å². The Kier molecular flexibility index (Phi) is 8.92. The van der Waals surface area contributed by atoms with E-state index >= 15 is 0 Å². The molecule has 7 nitrogen and oxygen atoms in total. The standard InChI is InChI=1S/C25H35N5O2/c1-3-26-25(28-14-8-13-27-24(32)21-11-7-12-23(31)16-21)29-22-15-19(2)30(18-22)17-20-9-5-4-6-10-20/h4-7,9-12,16,19,22,31H,3,8,13-15,17-18H2,1-2H3,(H,27,32)(H2,26,28,29). The highest BCUT2D eigenvalue weighted by Crippen LogP contribution is 2.20. The van der Waals surface area contributed by atoms with E-state index in [4.69, 9.17) is 0 Å². The van der Waals surface area contributed by atoms with Crippen molar-refractivity contribution in [1.82, 2.24) is 20.9 Å². The van der Waals surface area contributed by atoms with Crippen molar-refractivity contribution in [2.45, 2.75) is 45.3 Å². The van der Waals surface area contributed by atoms with E-state index in [1.54, 1.807) is 18.2 Å². The molecule has 2 atom stereocenters. The molecule has 1 fully saturated rings. The molecule has 0 radical (unpaired) electrons. The smallest absolute Gasteiger partial charge is 0.251 e. The molecule has 172 valence electrons. The first-order chi connectivity index (χ1) is 15.5. The van der Waals surface area contributed by atoms with Crippen molar-refractivity contribution in [3.05, 3.63) is 65.7 Å². The minimum atomic E-state index is -0.187. The molecule has 2 aromatic carbocycles. The summed E-state index contributed by atoms with van der Waals surface area (Å²) in [6.45, 7) is 8.24. The van der Waals surface area contributed by atoms with Crippen molar-refractivity contribution < 1.29 is 9.90 Å². The van der Waals surface area contributed by atoms with Crippen molar-refractivity contribution in [3.8, 4) is 5.75 Å². The second-order valence-corrected chi connectivity index (χ2v) is 8.26. The first kappa shape index (κ1) is 23.6. The molecule has 1 amide bonds. The number of guanidine groups is 1. The maximum atomic E-state index is 12.1. The van der Waals surface area contributed by atoms with Crippen LogP contribution in [0.5, 0.6) is 5.75 Å². The largest absolute Gasteiger partial charge is 0.508 e. The van der Waals surface area contributed by atoms with Crippen LogP contribution in [-0.4, -0.2) is 60.1 Å². The Labute approximate surface area is 190 Å². The van der Waals surface area contributed by atoms with Crippen LogP contribution in [0.15, 0.2) is 59.6 Å². The molecule has 0 aliphatic carbocycles. The third-order valence-corrected chi connectivity index (χ3v) is 5.62. The summed E-state index contributed by atoms with van der Waals surface area (Å²) >= 11 is 0. The predicted octanol–water partition coefficient (Wildman–Crippen LogP) is 2.73. The van der Waals surface area contributed by atoms with E-state index in [1.165, 1.54) is 11.6 Å². The predicted molar refractivity (Wildman–Crippen MR) is 129 cm³/mol. The summed E-state index contributed by atoms with van der Waals surface area (Å²) in [7, 11) is 0. The molecule has 3 rings (SSSR count). The number of carbonyl (C=O) groups is 1. The van der Waals surface area contributed by atoms with Crippen molar-refractivity contribution in [3.63, 3.8) is 0 Å². The van der Waals surface area contributed by atoms with E-state index in [0.29, 0.717) is 30.7 Å². The number of nitrogens with one attached hydrogen (secondary N) is 3. The Morgan fingerprint density at radius 2 is 1.97 bits per heavy atom. The van der Waals surface area contributed by atoms with Gasteiger partial charge in [-0.3, -0.25) is 14.7 Å². The number of phenolic OH excluding ortho intramolecular Hbond substituents is 1. The summed E-state index contributed by atoms with van der Waals surface area (Å²) in [4.78, 5) is 19.3. The average Bonchev–Trinajstić information content (AvgIpc) is 3.12. The zero-order chi connectivity index (χ0) is 22.8. The average molecular weight is 438 g/mol. The summed E-state index contributed by atoms with van der Waals surface area (Å²) in [6, 6.07) is 17.8. The van der Waals surface area contributed by atoms with Crippen LogP contribution < -0.4 is 16.0 Å². The van der Waals surface area contributed by atoms with Gasteiger partial charge in [0.25, 0.3) is 5.91 Å². The number of amides is 1. The molecule has 1 heterocycles. The van der Waals surface area contributed by atoms with Crippen molar-refractivity contribution in [2.75, 3.05) is 26.2 Å². The van der Waals surface area contributed by atoms with Crippen LogP contribution in [0.4, 0.5) is 0 Å². The molecule has 1 saturated heterocycles. The van der Waals surface area contributed by atoms with Crippen LogP contribution in [0.1, 0.15) is 42.6 Å². The fourth-order valence-corrected chi connectivity index (χ4v) is 3.98. The maximum Gasteiger partial charge on any atom is 0.251 e. The SMILES string of the molecule is CCNC(=NCCCNC(=O)c1cccc(O)c1)NC1CC(C)N(Cc2ccccc2)C1. The fourth-order valence-electron chi connectivity index (χ4n) is 3.98. The van der Waals surface area contributed by atoms with Gasteiger partial charge in [-0.2, -0.15) is 0 Å². The first-order valence-electron chi connectivity index (χ1n) is 11.4. The molecule has 7 heteroatoms. The van der Waals surface area contributed by atoms with Gasteiger partial charge in [0.1, 0.15) is 5.75 Å². The minimum Gasteiger partial charge on any atom is -0.508 e. The third kappa shape index (κ3) is 7.27. The number of aromatic hydroxyl groups is 1. The Balaban J connectivity index is 1.43. The number of carbonyl (C=O) groups excluding carboxylic acids is 1. The number of phenols is 1. The molecule has 32 heavy (non-hydrogen) atoms. The molecule has 1 aliphatic heterocycles. The van der Waals surface area contributed by atoms with Crippen LogP contribution in [0, 0.1) is 0 Å². The monoisotopic (exact) mass is 437 g/mol. The minimum absolute atomic E-state index is 0.0900. The molecule has 4 N–H and O–H groups in total. The van der Waals surface area contributed by atoms with Crippen LogP contribution >= 0.6 is 0 Å². The number of nitrogens with zero attached hydrogens (tertiary/aromatic N) is 2. The second kappa shape index (κ2) is 12.1. The number of hydrogen-bond acceptors (Lipinski definition) is 4. The van der Waals surface area contributed by atoms with Gasteiger partial charge < -0.3 is 21.1 Å². The van der Waals surface area contributed by atoms with E-state index in [-0.39, 0.29) is 11.7 Å². The lowest BCUT2D eigenvalue weighted by atomic mass is 10.2. The van der Waals surface area contributed by atoms with E-state index in [9.17, 15) is 9.90 Å². The highest BCUT2D eigenvalue weighted by Gasteiger charge is 2.29. The lowest BCUT2D eigenvalue weighted by Crippen LogP contribution is -2.44. The number of rotatable bonds is 9. The van der Waals surface area contributed by atoms with Gasteiger partial charge in [0, 0.05) is 50.4 Å². The van der Waals surface area contributed by atoms with Gasteiger partial charge in [0.15, 0.2) is 5.96 Å². The van der Waals surface area contributed by atoms with E-state index in [1.807, 2.05) is 0 Å². The Bertz CT molecular complexity index is 887. The lowest BCUT2D eigenvalue weighted by Gasteiger charge is -2.21. The molecule has 1 aliphatic rings. The summed E-state index contributed by atoms with van der Waals surface area (Å²) < 4.78 is 0. The van der Waals surface area contributed by atoms with E-state index in [0.717, 1.165) is 38.4 Å². The second-order valence-electron chi connectivity index (χ2n) is 8.26. The first-order valence-corrected chi connectivity index (χ1v) is 11.4. The van der Waals surface area contributed by atoms with Gasteiger partial charge in [0.05, 0.1) is 0 Å². The van der Waals surface area contributed by atoms with Crippen molar-refractivity contribution in [2.24, 2.45) is 4.99 Å². The molecule has 0 bridgehead atoms. The highest BCUT2D eigenvalue weighted by molar-refractivity contribution is 5.94. The fraction of sp³-hybridized carbons (Fsp3) is 0.440. The zero-order valence-corrected chi connectivity index (χ0v) is 19.1. The number of aliphatic imine (C=N–C) groups is 1. The summed E-state index contributed by atoms with van der Waals surface area (Å²) in [5.74, 6) is 0.728. The Hall–Kier alpha value is -3.06. The molecule has 0 saturated carbocycles. The summed E-state index contributed by atoms with van der Waals surface area (Å²) in [5.41, 5.74) is 1.80. The quantitative estimate of drug-likeness (QED) is 0.275. The lowest BCUT2D eigenvalue weighted by molar-refractivity contribution is 0.0953. The van der Waals surface area contributed by atoms with Gasteiger partial charge >= 0.3 is 0 Å².